The highest BCUT2D eigenvalue weighted by Gasteiger charge is 2.17. The summed E-state index contributed by atoms with van der Waals surface area (Å²) in [5.74, 6) is -1.01. The Labute approximate surface area is 157 Å². The number of halogens is 1. The highest BCUT2D eigenvalue weighted by molar-refractivity contribution is 9.10. The number of benzene rings is 1. The number of carbonyl (C=O) groups is 2. The van der Waals surface area contributed by atoms with Gasteiger partial charge >= 0.3 is 5.97 Å². The molecule has 2 aromatic heterocycles. The van der Waals surface area contributed by atoms with Crippen molar-refractivity contribution in [3.63, 3.8) is 0 Å². The van der Waals surface area contributed by atoms with Crippen molar-refractivity contribution < 1.29 is 14.7 Å². The number of hydrogen-bond acceptors (Lipinski definition) is 4. The van der Waals surface area contributed by atoms with Gasteiger partial charge in [0.15, 0.2) is 5.82 Å². The van der Waals surface area contributed by atoms with Crippen LogP contribution in [0.5, 0.6) is 0 Å². The van der Waals surface area contributed by atoms with Crippen molar-refractivity contribution in [1.82, 2.24) is 19.6 Å². The number of amides is 1. The van der Waals surface area contributed by atoms with E-state index in [0.717, 1.165) is 10.0 Å². The molecule has 9 heteroatoms. The molecule has 0 fully saturated rings. The summed E-state index contributed by atoms with van der Waals surface area (Å²) in [4.78, 5) is 23.2. The van der Waals surface area contributed by atoms with Gasteiger partial charge in [0.05, 0.1) is 18.3 Å². The Balaban J connectivity index is 1.64. The average Bonchev–Trinajstić information content (AvgIpc) is 3.26. The fourth-order valence-corrected chi connectivity index (χ4v) is 2.53. The van der Waals surface area contributed by atoms with Crippen molar-refractivity contribution in [3.8, 4) is 0 Å². The van der Waals surface area contributed by atoms with E-state index in [1.807, 2.05) is 24.3 Å². The largest absolute Gasteiger partial charge is 0.480 e. The number of anilines is 1. The maximum atomic E-state index is 12.3. The average molecular weight is 418 g/mol. The second-order valence-corrected chi connectivity index (χ2v) is 6.62. The molecule has 0 saturated heterocycles. The molecule has 2 N–H and O–H groups in total. The molecule has 1 unspecified atom stereocenters. The zero-order chi connectivity index (χ0) is 18.7. The fraction of sp³-hybridized carbons (Fsp3) is 0.176. The zero-order valence-electron chi connectivity index (χ0n) is 13.8. The Morgan fingerprint density at radius 3 is 2.69 bits per heavy atom. The number of nitrogens with zero attached hydrogens (tertiary/aromatic N) is 4. The SMILES string of the molecule is CC(C(=O)O)n1cc(C(=O)Nc2ccn(Cc3ccc(Br)cc3)n2)cn1. The number of carboxylic acids is 1. The molecule has 2 heterocycles. The van der Waals surface area contributed by atoms with Gasteiger partial charge in [0.2, 0.25) is 0 Å². The maximum absolute atomic E-state index is 12.3. The van der Waals surface area contributed by atoms with Gasteiger partial charge in [-0.3, -0.25) is 14.2 Å². The summed E-state index contributed by atoms with van der Waals surface area (Å²) in [6.45, 7) is 2.07. The lowest BCUT2D eigenvalue weighted by Crippen LogP contribution is -2.16. The topological polar surface area (TPSA) is 102 Å². The third kappa shape index (κ3) is 4.17. The molecule has 1 atom stereocenters. The molecule has 1 aromatic carbocycles. The number of rotatable bonds is 6. The molecule has 134 valence electrons. The van der Waals surface area contributed by atoms with Crippen molar-refractivity contribution in [3.05, 3.63) is 64.5 Å². The van der Waals surface area contributed by atoms with Gasteiger partial charge in [0, 0.05) is 22.9 Å². The molecular weight excluding hydrogens is 402 g/mol. The monoisotopic (exact) mass is 417 g/mol. The predicted octanol–water partition coefficient (Wildman–Crippen LogP) is 2.79. The molecule has 0 aliphatic heterocycles. The van der Waals surface area contributed by atoms with Crippen LogP contribution in [0.25, 0.3) is 0 Å². The van der Waals surface area contributed by atoms with E-state index in [2.05, 4.69) is 31.4 Å². The van der Waals surface area contributed by atoms with Crippen molar-refractivity contribution in [2.24, 2.45) is 0 Å². The Kier molecular flexibility index (Phi) is 5.17. The number of carbonyl (C=O) groups excluding carboxylic acids is 1. The molecule has 0 saturated carbocycles. The molecule has 1 amide bonds. The fourth-order valence-electron chi connectivity index (χ4n) is 2.26. The van der Waals surface area contributed by atoms with Gasteiger partial charge in [-0.15, -0.1) is 0 Å². The molecule has 26 heavy (non-hydrogen) atoms. The molecule has 0 aliphatic carbocycles. The van der Waals surface area contributed by atoms with E-state index in [9.17, 15) is 9.59 Å². The number of aromatic nitrogens is 4. The van der Waals surface area contributed by atoms with E-state index < -0.39 is 17.9 Å². The van der Waals surface area contributed by atoms with Crippen molar-refractivity contribution in [2.75, 3.05) is 5.32 Å². The van der Waals surface area contributed by atoms with Crippen LogP contribution in [0.4, 0.5) is 5.82 Å². The lowest BCUT2D eigenvalue weighted by atomic mass is 10.2. The van der Waals surface area contributed by atoms with Crippen molar-refractivity contribution in [2.45, 2.75) is 19.5 Å². The summed E-state index contributed by atoms with van der Waals surface area (Å²) in [6.07, 6.45) is 4.49. The van der Waals surface area contributed by atoms with Gasteiger partial charge in [-0.05, 0) is 24.6 Å². The Morgan fingerprint density at radius 2 is 2.00 bits per heavy atom. The summed E-state index contributed by atoms with van der Waals surface area (Å²) in [5.41, 5.74) is 1.35. The first kappa shape index (κ1) is 17.9. The molecule has 0 radical (unpaired) electrons. The third-order valence-electron chi connectivity index (χ3n) is 3.76. The van der Waals surface area contributed by atoms with Gasteiger partial charge in [-0.1, -0.05) is 28.1 Å². The third-order valence-corrected chi connectivity index (χ3v) is 4.29. The number of aliphatic carboxylic acids is 1. The van der Waals surface area contributed by atoms with E-state index >= 15 is 0 Å². The van der Waals surface area contributed by atoms with Crippen LogP contribution in [-0.4, -0.2) is 36.5 Å². The van der Waals surface area contributed by atoms with Crippen LogP contribution in [0, 0.1) is 0 Å². The minimum Gasteiger partial charge on any atom is -0.480 e. The predicted molar refractivity (Wildman–Crippen MR) is 98.0 cm³/mol. The first-order chi connectivity index (χ1) is 12.4. The van der Waals surface area contributed by atoms with Crippen LogP contribution in [0.3, 0.4) is 0 Å². The highest BCUT2D eigenvalue weighted by Crippen LogP contribution is 2.13. The lowest BCUT2D eigenvalue weighted by molar-refractivity contribution is -0.140. The molecular formula is C17H16BrN5O3. The molecule has 0 aliphatic rings. The first-order valence-electron chi connectivity index (χ1n) is 7.78. The van der Waals surface area contributed by atoms with Crippen LogP contribution in [0.15, 0.2) is 53.4 Å². The minimum absolute atomic E-state index is 0.264. The molecule has 0 bridgehead atoms. The summed E-state index contributed by atoms with van der Waals surface area (Å²) >= 11 is 3.39. The summed E-state index contributed by atoms with van der Waals surface area (Å²) in [7, 11) is 0. The van der Waals surface area contributed by atoms with E-state index in [0.29, 0.717) is 12.4 Å². The van der Waals surface area contributed by atoms with Crippen LogP contribution in [-0.2, 0) is 11.3 Å². The van der Waals surface area contributed by atoms with Crippen LogP contribution in [0.1, 0.15) is 28.9 Å². The van der Waals surface area contributed by atoms with Crippen LogP contribution in [0.2, 0.25) is 0 Å². The van der Waals surface area contributed by atoms with Crippen molar-refractivity contribution >= 4 is 33.6 Å². The van der Waals surface area contributed by atoms with E-state index in [1.165, 1.54) is 24.0 Å². The quantitative estimate of drug-likeness (QED) is 0.641. The normalized spacial score (nSPS) is 11.9. The highest BCUT2D eigenvalue weighted by atomic mass is 79.9. The van der Waals surface area contributed by atoms with E-state index in [-0.39, 0.29) is 5.56 Å². The van der Waals surface area contributed by atoms with Crippen LogP contribution >= 0.6 is 15.9 Å². The second-order valence-electron chi connectivity index (χ2n) is 5.70. The van der Waals surface area contributed by atoms with E-state index in [4.69, 9.17) is 5.11 Å². The van der Waals surface area contributed by atoms with Gasteiger partial charge < -0.3 is 10.4 Å². The Hall–Kier alpha value is -2.94. The Bertz CT molecular complexity index is 932. The number of carboxylic acid groups (broad SMARTS) is 1. The maximum Gasteiger partial charge on any atom is 0.328 e. The van der Waals surface area contributed by atoms with Gasteiger partial charge in [0.1, 0.15) is 6.04 Å². The number of hydrogen-bond donors (Lipinski definition) is 2. The summed E-state index contributed by atoms with van der Waals surface area (Å²) in [5, 5.41) is 19.9. The first-order valence-corrected chi connectivity index (χ1v) is 8.58. The smallest absolute Gasteiger partial charge is 0.328 e. The molecule has 3 rings (SSSR count). The number of nitrogens with one attached hydrogen (secondary N) is 1. The standard InChI is InChI=1S/C17H16BrN5O3/c1-11(17(25)26)23-10-13(8-19-23)16(24)20-15-6-7-22(21-15)9-12-2-4-14(18)5-3-12/h2-8,10-11H,9H2,1H3,(H,25,26)(H,20,21,24). The summed E-state index contributed by atoms with van der Waals surface area (Å²) in [6, 6.07) is 8.74. The van der Waals surface area contributed by atoms with Crippen LogP contribution < -0.4 is 5.32 Å². The summed E-state index contributed by atoms with van der Waals surface area (Å²) < 4.78 is 3.95. The van der Waals surface area contributed by atoms with Gasteiger partial charge in [-0.25, -0.2) is 4.79 Å². The van der Waals surface area contributed by atoms with E-state index in [1.54, 1.807) is 16.9 Å². The molecule has 0 spiro atoms. The van der Waals surface area contributed by atoms with Crippen molar-refractivity contribution in [1.29, 1.82) is 0 Å². The Morgan fingerprint density at radius 1 is 1.27 bits per heavy atom. The second kappa shape index (κ2) is 7.52. The lowest BCUT2D eigenvalue weighted by Gasteiger charge is -2.05. The zero-order valence-corrected chi connectivity index (χ0v) is 15.4. The molecule has 8 nitrogen and oxygen atoms in total. The molecule has 3 aromatic rings. The minimum atomic E-state index is -1.02. The van der Waals surface area contributed by atoms with Gasteiger partial charge in [-0.2, -0.15) is 10.2 Å². The van der Waals surface area contributed by atoms with Gasteiger partial charge in [0.25, 0.3) is 5.91 Å².